The average molecular weight is 299 g/mol. The number of imide groups is 1. The van der Waals surface area contributed by atoms with Crippen LogP contribution in [-0.2, 0) is 16.9 Å². The minimum atomic E-state index is -1.23. The minimum Gasteiger partial charge on any atom is -0.318 e. The van der Waals surface area contributed by atoms with Crippen LogP contribution in [-0.4, -0.2) is 21.8 Å². The third-order valence-corrected chi connectivity index (χ3v) is 3.74. The van der Waals surface area contributed by atoms with Gasteiger partial charge in [0, 0.05) is 11.8 Å². The lowest BCUT2D eigenvalue weighted by Gasteiger charge is -2.21. The SMILES string of the molecule is CC1(c2ccccn2)NC(=O)N(Cc2ccccc2F)C1=O. The summed E-state index contributed by atoms with van der Waals surface area (Å²) in [6, 6.07) is 10.7. The molecule has 1 fully saturated rings. The zero-order valence-corrected chi connectivity index (χ0v) is 11.9. The first-order chi connectivity index (χ1) is 10.5. The van der Waals surface area contributed by atoms with Gasteiger partial charge < -0.3 is 5.32 Å². The second-order valence-corrected chi connectivity index (χ2v) is 5.25. The summed E-state index contributed by atoms with van der Waals surface area (Å²) < 4.78 is 13.7. The number of carbonyl (C=O) groups excluding carboxylic acids is 2. The smallest absolute Gasteiger partial charge is 0.318 e. The standard InChI is InChI=1S/C16H14FN3O2/c1-16(13-8-4-5-9-18-13)14(21)20(15(22)19-16)10-11-6-2-3-7-12(11)17/h2-9H,10H2,1H3,(H,19,22). The molecule has 3 amide bonds. The molecule has 1 aliphatic heterocycles. The number of pyridine rings is 1. The van der Waals surface area contributed by atoms with E-state index in [1.54, 1.807) is 49.5 Å². The van der Waals surface area contributed by atoms with Crippen molar-refractivity contribution in [2.24, 2.45) is 0 Å². The molecule has 5 nitrogen and oxygen atoms in total. The van der Waals surface area contributed by atoms with E-state index in [0.717, 1.165) is 4.90 Å². The van der Waals surface area contributed by atoms with E-state index in [1.165, 1.54) is 6.07 Å². The number of nitrogens with zero attached hydrogens (tertiary/aromatic N) is 2. The van der Waals surface area contributed by atoms with Crippen molar-refractivity contribution in [3.05, 3.63) is 65.7 Å². The number of benzene rings is 1. The lowest BCUT2D eigenvalue weighted by atomic mass is 9.97. The van der Waals surface area contributed by atoms with E-state index in [1.807, 2.05) is 0 Å². The maximum absolute atomic E-state index is 13.7. The molecule has 22 heavy (non-hydrogen) atoms. The van der Waals surface area contributed by atoms with E-state index in [9.17, 15) is 14.0 Å². The van der Waals surface area contributed by atoms with E-state index in [0.29, 0.717) is 5.69 Å². The average Bonchev–Trinajstić information content (AvgIpc) is 2.75. The monoisotopic (exact) mass is 299 g/mol. The van der Waals surface area contributed by atoms with E-state index in [-0.39, 0.29) is 12.1 Å². The number of rotatable bonds is 3. The Bertz CT molecular complexity index is 735. The van der Waals surface area contributed by atoms with Crippen molar-refractivity contribution in [2.75, 3.05) is 0 Å². The van der Waals surface area contributed by atoms with Crippen LogP contribution in [0.4, 0.5) is 9.18 Å². The van der Waals surface area contributed by atoms with Gasteiger partial charge in [0.1, 0.15) is 5.82 Å². The van der Waals surface area contributed by atoms with Gasteiger partial charge in [0.25, 0.3) is 5.91 Å². The summed E-state index contributed by atoms with van der Waals surface area (Å²) in [6.45, 7) is 1.48. The van der Waals surface area contributed by atoms with Crippen molar-refractivity contribution in [1.29, 1.82) is 0 Å². The maximum atomic E-state index is 13.7. The van der Waals surface area contributed by atoms with E-state index >= 15 is 0 Å². The minimum absolute atomic E-state index is 0.111. The fourth-order valence-corrected chi connectivity index (χ4v) is 2.47. The topological polar surface area (TPSA) is 62.3 Å². The van der Waals surface area contributed by atoms with Crippen molar-refractivity contribution in [3.63, 3.8) is 0 Å². The Labute approximate surface area is 126 Å². The summed E-state index contributed by atoms with van der Waals surface area (Å²) in [5, 5.41) is 2.64. The molecule has 1 N–H and O–H groups in total. The number of hydrogen-bond acceptors (Lipinski definition) is 3. The number of carbonyl (C=O) groups is 2. The van der Waals surface area contributed by atoms with Gasteiger partial charge in [-0.3, -0.25) is 14.7 Å². The Morgan fingerprint density at radius 2 is 1.91 bits per heavy atom. The molecule has 2 aromatic rings. The Kier molecular flexibility index (Phi) is 3.36. The van der Waals surface area contributed by atoms with Crippen molar-refractivity contribution >= 4 is 11.9 Å². The highest BCUT2D eigenvalue weighted by Gasteiger charge is 2.49. The molecule has 1 saturated heterocycles. The highest BCUT2D eigenvalue weighted by atomic mass is 19.1. The number of urea groups is 1. The first-order valence-corrected chi connectivity index (χ1v) is 6.81. The molecule has 1 aromatic heterocycles. The molecule has 1 atom stereocenters. The van der Waals surface area contributed by atoms with E-state index in [2.05, 4.69) is 10.3 Å². The number of halogens is 1. The van der Waals surface area contributed by atoms with Gasteiger partial charge in [0.2, 0.25) is 0 Å². The second-order valence-electron chi connectivity index (χ2n) is 5.25. The maximum Gasteiger partial charge on any atom is 0.325 e. The van der Waals surface area contributed by atoms with Crippen molar-refractivity contribution in [3.8, 4) is 0 Å². The van der Waals surface area contributed by atoms with Crippen LogP contribution in [0.2, 0.25) is 0 Å². The largest absolute Gasteiger partial charge is 0.325 e. The third-order valence-electron chi connectivity index (χ3n) is 3.74. The molecule has 112 valence electrons. The number of aromatic nitrogens is 1. The van der Waals surface area contributed by atoms with Gasteiger partial charge in [-0.25, -0.2) is 9.18 Å². The lowest BCUT2D eigenvalue weighted by molar-refractivity contribution is -0.131. The molecule has 3 rings (SSSR count). The summed E-state index contributed by atoms with van der Waals surface area (Å²) in [5.41, 5.74) is -0.496. The van der Waals surface area contributed by atoms with Gasteiger partial charge in [-0.05, 0) is 25.1 Å². The van der Waals surface area contributed by atoms with Crippen LogP contribution in [0.3, 0.4) is 0 Å². The summed E-state index contributed by atoms with van der Waals surface area (Å²) in [4.78, 5) is 29.9. The Morgan fingerprint density at radius 1 is 1.18 bits per heavy atom. The number of amides is 3. The molecule has 1 aromatic carbocycles. The predicted octanol–water partition coefficient (Wildman–Crippen LogP) is 2.19. The van der Waals surface area contributed by atoms with Crippen LogP contribution in [0.25, 0.3) is 0 Å². The number of hydrogen-bond donors (Lipinski definition) is 1. The highest BCUT2D eigenvalue weighted by molar-refractivity contribution is 6.06. The van der Waals surface area contributed by atoms with Gasteiger partial charge in [0.05, 0.1) is 12.2 Å². The molecule has 0 aliphatic carbocycles. The summed E-state index contributed by atoms with van der Waals surface area (Å²) in [6.07, 6.45) is 1.56. The van der Waals surface area contributed by atoms with Crippen molar-refractivity contribution in [2.45, 2.75) is 19.0 Å². The fourth-order valence-electron chi connectivity index (χ4n) is 2.47. The van der Waals surface area contributed by atoms with Gasteiger partial charge >= 0.3 is 6.03 Å². The van der Waals surface area contributed by atoms with Crippen molar-refractivity contribution < 1.29 is 14.0 Å². The molecule has 0 radical (unpaired) electrons. The molecule has 0 bridgehead atoms. The van der Waals surface area contributed by atoms with Crippen LogP contribution in [0.1, 0.15) is 18.2 Å². The molecule has 0 spiro atoms. The Balaban J connectivity index is 1.91. The molecule has 0 saturated carbocycles. The normalized spacial score (nSPS) is 21.1. The molecular formula is C16H14FN3O2. The third kappa shape index (κ3) is 2.22. The fraction of sp³-hybridized carbons (Fsp3) is 0.188. The van der Waals surface area contributed by atoms with Gasteiger partial charge in [-0.1, -0.05) is 24.3 Å². The quantitative estimate of drug-likeness (QED) is 0.884. The molecular weight excluding hydrogens is 285 g/mol. The summed E-state index contributed by atoms with van der Waals surface area (Å²) >= 11 is 0. The van der Waals surface area contributed by atoms with Crippen LogP contribution in [0.5, 0.6) is 0 Å². The second kappa shape index (κ2) is 5.22. The summed E-state index contributed by atoms with van der Waals surface area (Å²) in [5.74, 6) is -0.894. The molecule has 2 heterocycles. The zero-order chi connectivity index (χ0) is 15.7. The first-order valence-electron chi connectivity index (χ1n) is 6.81. The Morgan fingerprint density at radius 3 is 2.59 bits per heavy atom. The van der Waals surface area contributed by atoms with Gasteiger partial charge in [-0.2, -0.15) is 0 Å². The molecule has 1 aliphatic rings. The molecule has 6 heteroatoms. The predicted molar refractivity (Wildman–Crippen MR) is 77.1 cm³/mol. The zero-order valence-electron chi connectivity index (χ0n) is 11.9. The van der Waals surface area contributed by atoms with Gasteiger partial charge in [-0.15, -0.1) is 0 Å². The number of nitrogens with one attached hydrogen (secondary N) is 1. The van der Waals surface area contributed by atoms with Crippen LogP contribution in [0, 0.1) is 5.82 Å². The van der Waals surface area contributed by atoms with Gasteiger partial charge in [0.15, 0.2) is 5.54 Å². The first kappa shape index (κ1) is 14.2. The van der Waals surface area contributed by atoms with Crippen LogP contribution < -0.4 is 5.32 Å². The van der Waals surface area contributed by atoms with E-state index < -0.39 is 23.3 Å². The molecule has 1 unspecified atom stereocenters. The van der Waals surface area contributed by atoms with E-state index in [4.69, 9.17) is 0 Å². The van der Waals surface area contributed by atoms with Crippen LogP contribution in [0.15, 0.2) is 48.7 Å². The Hall–Kier alpha value is -2.76. The van der Waals surface area contributed by atoms with Crippen LogP contribution >= 0.6 is 0 Å². The lowest BCUT2D eigenvalue weighted by Crippen LogP contribution is -2.41. The van der Waals surface area contributed by atoms with Crippen molar-refractivity contribution in [1.82, 2.24) is 15.2 Å². The highest BCUT2D eigenvalue weighted by Crippen LogP contribution is 2.28. The summed E-state index contributed by atoms with van der Waals surface area (Å²) in [7, 11) is 0.